The molecule has 136 valence electrons. The van der Waals surface area contributed by atoms with Crippen molar-refractivity contribution < 1.29 is 21.6 Å². The first-order valence-electron chi connectivity index (χ1n) is 7.19. The van der Waals surface area contributed by atoms with E-state index in [0.717, 1.165) is 0 Å². The summed E-state index contributed by atoms with van der Waals surface area (Å²) in [5, 5.41) is 0.303. The van der Waals surface area contributed by atoms with Crippen LogP contribution >= 0.6 is 23.4 Å². The molecule has 0 spiro atoms. The summed E-state index contributed by atoms with van der Waals surface area (Å²) in [6.07, 6.45) is -3.48. The van der Waals surface area contributed by atoms with Gasteiger partial charge in [-0.1, -0.05) is 11.6 Å². The average Bonchev–Trinajstić information content (AvgIpc) is 2.40. The zero-order valence-corrected chi connectivity index (χ0v) is 15.4. The summed E-state index contributed by atoms with van der Waals surface area (Å²) >= 11 is 12.0. The van der Waals surface area contributed by atoms with Crippen molar-refractivity contribution in [2.45, 2.75) is 32.0 Å². The van der Waals surface area contributed by atoms with Gasteiger partial charge < -0.3 is 0 Å². The summed E-state index contributed by atoms with van der Waals surface area (Å²) in [5.41, 5.74) is 0.265. The molecular formula is C14H17Cl2F3N2O2S. The van der Waals surface area contributed by atoms with E-state index in [2.05, 4.69) is 0 Å². The third-order valence-electron chi connectivity index (χ3n) is 3.97. The van der Waals surface area contributed by atoms with Crippen molar-refractivity contribution >= 4 is 39.1 Å². The van der Waals surface area contributed by atoms with Crippen molar-refractivity contribution in [3.63, 3.8) is 0 Å². The van der Waals surface area contributed by atoms with Gasteiger partial charge in [0.2, 0.25) is 10.0 Å². The molecule has 2 rings (SSSR count). The van der Waals surface area contributed by atoms with Crippen molar-refractivity contribution in [3.05, 3.63) is 28.3 Å². The lowest BCUT2D eigenvalue weighted by Gasteiger charge is -2.32. The van der Waals surface area contributed by atoms with Crippen LogP contribution in [0, 0.1) is 6.92 Å². The minimum Gasteiger partial charge on any atom is -0.220 e. The topological polar surface area (TPSA) is 40.6 Å². The maximum Gasteiger partial charge on any atom is 0.498 e. The number of nitrogens with zero attached hydrogens (tertiary/aromatic N) is 2. The van der Waals surface area contributed by atoms with E-state index in [4.69, 9.17) is 23.4 Å². The summed E-state index contributed by atoms with van der Waals surface area (Å²) in [6.45, 7) is 2.54. The Morgan fingerprint density at radius 3 is 2.25 bits per heavy atom. The van der Waals surface area contributed by atoms with Crippen LogP contribution in [0.25, 0.3) is 0 Å². The van der Waals surface area contributed by atoms with Gasteiger partial charge in [0.1, 0.15) is 0 Å². The molecule has 0 radical (unpaired) electrons. The first-order valence-corrected chi connectivity index (χ1v) is 9.75. The molecule has 1 aliphatic heterocycles. The van der Waals surface area contributed by atoms with Gasteiger partial charge in [-0.2, -0.15) is 4.31 Å². The fourth-order valence-electron chi connectivity index (χ4n) is 2.85. The van der Waals surface area contributed by atoms with Gasteiger partial charge in [0, 0.05) is 18.1 Å². The summed E-state index contributed by atoms with van der Waals surface area (Å²) in [7, 11) is -4.55. The maximum atomic E-state index is 13.4. The number of hydrogen-bond acceptors (Lipinski definition) is 3. The Hall–Kier alpha value is -0.700. The largest absolute Gasteiger partial charge is 0.498 e. The van der Waals surface area contributed by atoms with E-state index >= 15 is 0 Å². The van der Waals surface area contributed by atoms with Crippen LogP contribution in [-0.2, 0) is 10.0 Å². The summed E-state index contributed by atoms with van der Waals surface area (Å²) < 4.78 is 65.0. The van der Waals surface area contributed by atoms with Crippen LogP contribution in [0.3, 0.4) is 0 Å². The first-order chi connectivity index (χ1) is 10.9. The fraction of sp³-hybridized carbons (Fsp3) is 0.571. The molecule has 0 atom stereocenters. The highest BCUT2D eigenvalue weighted by atomic mass is 35.5. The number of alkyl halides is 3. The van der Waals surface area contributed by atoms with Crippen LogP contribution in [0.15, 0.2) is 12.1 Å². The highest BCUT2D eigenvalue weighted by Crippen LogP contribution is 2.42. The van der Waals surface area contributed by atoms with Crippen molar-refractivity contribution in [1.82, 2.24) is 4.42 Å². The van der Waals surface area contributed by atoms with E-state index < -0.39 is 20.6 Å². The molecule has 0 N–H and O–H groups in total. The van der Waals surface area contributed by atoms with Gasteiger partial charge in [0.25, 0.3) is 0 Å². The molecule has 0 bridgehead atoms. The van der Waals surface area contributed by atoms with Gasteiger partial charge in [-0.25, -0.2) is 12.8 Å². The van der Waals surface area contributed by atoms with Crippen molar-refractivity contribution in [2.75, 3.05) is 23.7 Å². The van der Waals surface area contributed by atoms with Gasteiger partial charge in [0.05, 0.1) is 11.9 Å². The molecular weight excluding hydrogens is 388 g/mol. The Kier molecular flexibility index (Phi) is 5.64. The second kappa shape index (κ2) is 6.90. The predicted molar refractivity (Wildman–Crippen MR) is 89.0 cm³/mol. The lowest BCUT2D eigenvalue weighted by molar-refractivity contribution is -0.115. The van der Waals surface area contributed by atoms with Crippen molar-refractivity contribution in [2.24, 2.45) is 0 Å². The van der Waals surface area contributed by atoms with E-state index in [9.17, 15) is 21.6 Å². The second-order valence-electron chi connectivity index (χ2n) is 5.84. The van der Waals surface area contributed by atoms with Crippen molar-refractivity contribution in [1.29, 1.82) is 0 Å². The highest BCUT2D eigenvalue weighted by Gasteiger charge is 2.45. The molecule has 1 heterocycles. The molecule has 1 saturated heterocycles. The van der Waals surface area contributed by atoms with Crippen molar-refractivity contribution in [3.8, 4) is 0 Å². The minimum absolute atomic E-state index is 0.250. The molecule has 1 fully saturated rings. The zero-order valence-electron chi connectivity index (χ0n) is 13.1. The molecule has 0 aliphatic carbocycles. The third-order valence-corrected chi connectivity index (χ3v) is 5.78. The van der Waals surface area contributed by atoms with Gasteiger partial charge in [-0.05, 0) is 60.7 Å². The molecule has 1 aromatic rings. The number of hydrogen-bond donors (Lipinski definition) is 0. The molecule has 4 nitrogen and oxygen atoms in total. The molecule has 1 aromatic carbocycles. The third kappa shape index (κ3) is 4.28. The lowest BCUT2D eigenvalue weighted by atomic mass is 9.88. The summed E-state index contributed by atoms with van der Waals surface area (Å²) in [5.74, 6) is -0.250. The Labute approximate surface area is 149 Å². The number of anilines is 1. The van der Waals surface area contributed by atoms with Crippen LogP contribution in [0.1, 0.15) is 29.9 Å². The summed E-state index contributed by atoms with van der Waals surface area (Å²) in [4.78, 5) is 0. The Morgan fingerprint density at radius 1 is 1.25 bits per heavy atom. The van der Waals surface area contributed by atoms with Gasteiger partial charge >= 0.3 is 6.30 Å². The monoisotopic (exact) mass is 404 g/mol. The number of aryl methyl sites for hydroxylation is 1. The molecule has 0 saturated carbocycles. The number of piperidine rings is 1. The number of halogens is 5. The Bertz CT molecular complexity index is 717. The van der Waals surface area contributed by atoms with Crippen LogP contribution in [0.5, 0.6) is 0 Å². The standard InChI is InChI=1S/C14H17Cl2F3N2O2S/c1-9-7-13(21(14(17,18)19)24(2,22)23)11(8-12(9)15)10-3-5-20(16)6-4-10/h7-8,10H,3-6H2,1-2H3. The van der Waals surface area contributed by atoms with E-state index in [0.29, 0.717) is 42.8 Å². The predicted octanol–water partition coefficient (Wildman–Crippen LogP) is 4.27. The fourth-order valence-corrected chi connectivity index (χ4v) is 4.11. The van der Waals surface area contributed by atoms with Crippen LogP contribution in [-0.4, -0.2) is 38.5 Å². The molecule has 0 unspecified atom stereocenters. The molecule has 10 heteroatoms. The van der Waals surface area contributed by atoms with E-state index in [-0.39, 0.29) is 17.2 Å². The van der Waals surface area contributed by atoms with Gasteiger partial charge in [-0.3, -0.25) is 0 Å². The molecule has 0 amide bonds. The van der Waals surface area contributed by atoms with E-state index in [1.807, 2.05) is 0 Å². The second-order valence-corrected chi connectivity index (χ2v) is 8.56. The van der Waals surface area contributed by atoms with E-state index in [1.165, 1.54) is 19.1 Å². The summed E-state index contributed by atoms with van der Waals surface area (Å²) in [6, 6.07) is 2.62. The van der Waals surface area contributed by atoms with Gasteiger partial charge in [-0.15, -0.1) is 13.2 Å². The molecule has 1 aliphatic rings. The SMILES string of the molecule is Cc1cc(N(C(F)(F)F)S(C)(=O)=O)c(C2CCN(Cl)CC2)cc1Cl. The zero-order chi connectivity index (χ0) is 18.3. The normalized spacial score (nSPS) is 18.0. The van der Waals surface area contributed by atoms with Crippen LogP contribution < -0.4 is 4.31 Å². The molecule has 24 heavy (non-hydrogen) atoms. The van der Waals surface area contributed by atoms with Crippen LogP contribution in [0.2, 0.25) is 5.02 Å². The number of sulfonamides is 1. The van der Waals surface area contributed by atoms with E-state index in [1.54, 1.807) is 4.42 Å². The highest BCUT2D eigenvalue weighted by molar-refractivity contribution is 7.92. The number of benzene rings is 1. The lowest BCUT2D eigenvalue weighted by Crippen LogP contribution is -2.43. The molecule has 0 aromatic heterocycles. The van der Waals surface area contributed by atoms with Gasteiger partial charge in [0.15, 0.2) is 0 Å². The maximum absolute atomic E-state index is 13.4. The minimum atomic E-state index is -5.06. The average molecular weight is 405 g/mol. The smallest absolute Gasteiger partial charge is 0.220 e. The Balaban J connectivity index is 2.61. The Morgan fingerprint density at radius 2 is 1.79 bits per heavy atom. The quantitative estimate of drug-likeness (QED) is 0.557. The first kappa shape index (κ1) is 19.6. The number of rotatable bonds is 3. The van der Waals surface area contributed by atoms with Crippen LogP contribution in [0.4, 0.5) is 18.9 Å².